The molecular formula is C23H41N7O9S2. The maximum Gasteiger partial charge on any atom is 0.317 e. The molecule has 2 unspecified atom stereocenters. The van der Waals surface area contributed by atoms with Crippen molar-refractivity contribution >= 4 is 57.0 Å². The summed E-state index contributed by atoms with van der Waals surface area (Å²) < 4.78 is 0. The number of hydrogen-bond donors (Lipinski definition) is 7. The van der Waals surface area contributed by atoms with E-state index in [0.29, 0.717) is 5.75 Å². The van der Waals surface area contributed by atoms with E-state index >= 15 is 0 Å². The fourth-order valence-electron chi connectivity index (χ4n) is 3.40. The molecule has 0 fully saturated rings. The smallest absolute Gasteiger partial charge is 0.317 e. The molecule has 0 aromatic rings. The molecule has 0 aliphatic heterocycles. The number of aliphatic hydroxyl groups excluding tert-OH is 1. The maximum absolute atomic E-state index is 12.7. The van der Waals surface area contributed by atoms with Crippen molar-refractivity contribution in [3.63, 3.8) is 0 Å². The number of Topliss-reactive ketones (excluding diaryl/α,β-unsaturated/α-hetero) is 1. The Hall–Kier alpha value is -2.90. The molecule has 0 bridgehead atoms. The zero-order valence-electron chi connectivity index (χ0n) is 23.2. The molecule has 0 saturated carbocycles. The highest BCUT2D eigenvalue weighted by Gasteiger charge is 2.23. The minimum Gasteiger partial charge on any atom is -0.512 e. The van der Waals surface area contributed by atoms with Gasteiger partial charge in [0.05, 0.1) is 44.5 Å². The Morgan fingerprint density at radius 1 is 0.732 bits per heavy atom. The van der Waals surface area contributed by atoms with Crippen LogP contribution in [0, 0.1) is 0 Å². The van der Waals surface area contributed by atoms with Gasteiger partial charge in [0.25, 0.3) is 0 Å². The van der Waals surface area contributed by atoms with Crippen LogP contribution in [0.4, 0.5) is 0 Å². The first-order valence-corrected chi connectivity index (χ1v) is 14.9. The van der Waals surface area contributed by atoms with Crippen LogP contribution in [0.3, 0.4) is 0 Å². The van der Waals surface area contributed by atoms with E-state index in [4.69, 9.17) is 11.5 Å². The molecule has 3 amide bonds. The number of amides is 3. The lowest BCUT2D eigenvalue weighted by Crippen LogP contribution is -2.51. The highest BCUT2D eigenvalue weighted by atomic mass is 33.1. The zero-order chi connectivity index (χ0) is 31.5. The normalized spacial score (nSPS) is 12.7. The van der Waals surface area contributed by atoms with Crippen LogP contribution in [0.5, 0.6) is 0 Å². The molecule has 0 aliphatic carbocycles. The number of hydrogen-bond acceptors (Lipinski definition) is 13. The van der Waals surface area contributed by atoms with Crippen molar-refractivity contribution in [1.82, 2.24) is 25.3 Å². The maximum atomic E-state index is 12.7. The van der Waals surface area contributed by atoms with E-state index in [0.717, 1.165) is 0 Å². The summed E-state index contributed by atoms with van der Waals surface area (Å²) in [7, 11) is 4.02. The van der Waals surface area contributed by atoms with E-state index in [9.17, 15) is 44.1 Å². The number of primary amides is 2. The van der Waals surface area contributed by atoms with Crippen molar-refractivity contribution in [3.8, 4) is 0 Å². The number of aliphatic hydroxyl groups is 1. The van der Waals surface area contributed by atoms with Crippen LogP contribution in [0.25, 0.3) is 0 Å². The number of ketones is 1. The van der Waals surface area contributed by atoms with E-state index in [1.807, 2.05) is 0 Å². The van der Waals surface area contributed by atoms with Gasteiger partial charge in [-0.1, -0.05) is 28.2 Å². The van der Waals surface area contributed by atoms with Gasteiger partial charge in [-0.3, -0.25) is 43.5 Å². The fourth-order valence-corrected chi connectivity index (χ4v) is 5.83. The lowest BCUT2D eigenvalue weighted by atomic mass is 10.3. The molecule has 234 valence electrons. The Morgan fingerprint density at radius 3 is 1.59 bits per heavy atom. The van der Waals surface area contributed by atoms with E-state index < -0.39 is 54.8 Å². The topological polar surface area (TPSA) is 249 Å². The monoisotopic (exact) mass is 623 g/mol. The molecule has 0 aromatic heterocycles. The lowest BCUT2D eigenvalue weighted by molar-refractivity contribution is -0.140. The molecule has 41 heavy (non-hydrogen) atoms. The van der Waals surface area contributed by atoms with Gasteiger partial charge in [-0.15, -0.1) is 0 Å². The Labute approximate surface area is 246 Å². The van der Waals surface area contributed by atoms with Gasteiger partial charge >= 0.3 is 11.9 Å². The Balaban J connectivity index is 5.16. The molecule has 0 radical (unpaired) electrons. The summed E-state index contributed by atoms with van der Waals surface area (Å²) >= 11 is 0. The summed E-state index contributed by atoms with van der Waals surface area (Å²) in [6.45, 7) is 3.95. The third-order valence-corrected chi connectivity index (χ3v) is 7.75. The van der Waals surface area contributed by atoms with Gasteiger partial charge in [-0.2, -0.15) is 0 Å². The van der Waals surface area contributed by atoms with E-state index in [1.54, 1.807) is 11.9 Å². The Kier molecular flexibility index (Phi) is 19.4. The third kappa shape index (κ3) is 19.8. The van der Waals surface area contributed by atoms with Crippen LogP contribution in [-0.2, 0) is 28.8 Å². The van der Waals surface area contributed by atoms with Crippen molar-refractivity contribution in [2.24, 2.45) is 11.5 Å². The number of nitrogens with two attached hydrogens (primary N) is 2. The number of aliphatic carboxylic acids is 2. The molecule has 9 N–H and O–H groups in total. The molecule has 18 heteroatoms. The second-order valence-electron chi connectivity index (χ2n) is 9.09. The summed E-state index contributed by atoms with van der Waals surface area (Å²) in [6, 6.07) is -1.64. The van der Waals surface area contributed by atoms with Gasteiger partial charge in [0.15, 0.2) is 0 Å². The molecule has 0 rings (SSSR count). The molecule has 0 aromatic carbocycles. The van der Waals surface area contributed by atoms with E-state index in [1.165, 1.54) is 38.3 Å². The average Bonchev–Trinajstić information content (AvgIpc) is 2.82. The number of rotatable bonds is 25. The largest absolute Gasteiger partial charge is 0.512 e. The fraction of sp³-hybridized carbons (Fsp3) is 0.652. The summed E-state index contributed by atoms with van der Waals surface area (Å²) in [5, 5.41) is 33.3. The summed E-state index contributed by atoms with van der Waals surface area (Å²) in [5.41, 5.74) is 10.7. The number of carbonyl (C=O) groups is 6. The first-order valence-electron chi connectivity index (χ1n) is 12.4. The summed E-state index contributed by atoms with van der Waals surface area (Å²) in [5.74, 6) is -4.26. The average molecular weight is 624 g/mol. The minimum atomic E-state index is -1.22. The van der Waals surface area contributed by atoms with Crippen molar-refractivity contribution in [2.75, 3.05) is 77.5 Å². The standard InChI is InChI=1S/C23H41N7O9S2/c1-15(31)8-29(9-16(2)32)6-4-28(11-20(34)35)5-7-30(12-21(36)37)10-19(33)27-18(23(25)39)14-41-40-13-17(26-3)22(24)38/h17-18,26,31H,1,4-14H2,2-3H3,(H2,24,38)(H2,25,39)(H,27,33)(H,34,35)(H,36,37). The summed E-state index contributed by atoms with van der Waals surface area (Å²) in [6.07, 6.45) is 0. The second-order valence-corrected chi connectivity index (χ2v) is 11.6. The van der Waals surface area contributed by atoms with Crippen LogP contribution in [-0.4, -0.2) is 155 Å². The number of carboxylic acid groups (broad SMARTS) is 2. The number of nitrogens with zero attached hydrogens (tertiary/aromatic N) is 3. The zero-order valence-corrected chi connectivity index (χ0v) is 24.9. The SMILES string of the molecule is C=C(O)CN(CCN(CCN(CC(=O)O)CC(=O)NC(CSSCC(NC)C(N)=O)C(N)=O)CC(=O)O)CC(C)=O. The predicted octanol–water partition coefficient (Wildman–Crippen LogP) is -2.85. The molecule has 0 aliphatic rings. The third-order valence-electron chi connectivity index (χ3n) is 5.33. The van der Waals surface area contributed by atoms with Gasteiger partial charge in [-0.05, 0) is 14.0 Å². The van der Waals surface area contributed by atoms with Gasteiger partial charge in [-0.25, -0.2) is 0 Å². The van der Waals surface area contributed by atoms with Gasteiger partial charge in [0, 0.05) is 37.7 Å². The lowest BCUT2D eigenvalue weighted by Gasteiger charge is -2.28. The van der Waals surface area contributed by atoms with Crippen LogP contribution >= 0.6 is 21.6 Å². The molecule has 0 saturated heterocycles. The van der Waals surface area contributed by atoms with Crippen LogP contribution in [0.15, 0.2) is 12.3 Å². The first-order chi connectivity index (χ1) is 19.1. The van der Waals surface area contributed by atoms with Crippen molar-refractivity contribution in [1.29, 1.82) is 0 Å². The Bertz CT molecular complexity index is 910. The van der Waals surface area contributed by atoms with E-state index in [2.05, 4.69) is 17.2 Å². The number of carboxylic acids is 2. The van der Waals surface area contributed by atoms with E-state index in [-0.39, 0.29) is 63.1 Å². The quantitative estimate of drug-likeness (QED) is 0.0307. The van der Waals surface area contributed by atoms with Crippen molar-refractivity contribution in [3.05, 3.63) is 12.3 Å². The first kappa shape index (κ1) is 38.1. The number of carbonyl (C=O) groups excluding carboxylic acids is 4. The van der Waals surface area contributed by atoms with Crippen LogP contribution in [0.2, 0.25) is 0 Å². The Morgan fingerprint density at radius 2 is 1.17 bits per heavy atom. The van der Waals surface area contributed by atoms with Crippen LogP contribution < -0.4 is 22.1 Å². The number of likely N-dealkylation sites (N-methyl/N-ethyl adjacent to an activating group) is 1. The predicted molar refractivity (Wildman–Crippen MR) is 155 cm³/mol. The second kappa shape index (κ2) is 20.9. The van der Waals surface area contributed by atoms with Crippen molar-refractivity contribution < 1.29 is 44.1 Å². The van der Waals surface area contributed by atoms with Crippen LogP contribution in [0.1, 0.15) is 6.92 Å². The minimum absolute atomic E-state index is 0.00319. The molecule has 16 nitrogen and oxygen atoms in total. The molecule has 0 heterocycles. The highest BCUT2D eigenvalue weighted by Crippen LogP contribution is 2.22. The molecular weight excluding hydrogens is 582 g/mol. The highest BCUT2D eigenvalue weighted by molar-refractivity contribution is 8.76. The van der Waals surface area contributed by atoms with Crippen molar-refractivity contribution in [2.45, 2.75) is 19.0 Å². The molecule has 2 atom stereocenters. The van der Waals surface area contributed by atoms with Gasteiger partial charge in [0.1, 0.15) is 11.8 Å². The van der Waals surface area contributed by atoms with Gasteiger partial charge in [0.2, 0.25) is 17.7 Å². The summed E-state index contributed by atoms with van der Waals surface area (Å²) in [4.78, 5) is 74.5. The van der Waals surface area contributed by atoms with Gasteiger partial charge < -0.3 is 37.4 Å². The molecule has 0 spiro atoms. The number of nitrogens with one attached hydrogen (secondary N) is 2.